The third-order valence-corrected chi connectivity index (χ3v) is 4.85. The topological polar surface area (TPSA) is 32.3 Å². The third kappa shape index (κ3) is 3.35. The molecule has 0 bridgehead atoms. The zero-order chi connectivity index (χ0) is 14.0. The number of phenolic OH excluding ortho intramolecular Hbond substituents is 1. The van der Waals surface area contributed by atoms with Gasteiger partial charge in [-0.2, -0.15) is 0 Å². The third-order valence-electron chi connectivity index (χ3n) is 2.86. The molecule has 19 heavy (non-hydrogen) atoms. The molecule has 1 unspecified atom stereocenters. The maximum atomic E-state index is 9.53. The highest BCUT2D eigenvalue weighted by atomic mass is 35.5. The number of aromatic hydroxyl groups is 1. The van der Waals surface area contributed by atoms with E-state index in [1.807, 2.05) is 0 Å². The molecule has 0 radical (unpaired) electrons. The molecular weight excluding hydrogens is 301 g/mol. The van der Waals surface area contributed by atoms with Crippen LogP contribution in [-0.2, 0) is 6.42 Å². The predicted octanol–water partition coefficient (Wildman–Crippen LogP) is 5.50. The smallest absolute Gasteiger partial charge is 0.152 e. The van der Waals surface area contributed by atoms with Gasteiger partial charge in [-0.05, 0) is 37.6 Å². The van der Waals surface area contributed by atoms with Gasteiger partial charge >= 0.3 is 0 Å². The van der Waals surface area contributed by atoms with Gasteiger partial charge in [-0.3, -0.25) is 0 Å². The van der Waals surface area contributed by atoms with E-state index in [4.69, 9.17) is 23.2 Å². The highest BCUT2D eigenvalue weighted by molar-refractivity contribution is 7.12. The predicted molar refractivity (Wildman–Crippen MR) is 83.9 cm³/mol. The number of nitrogens with one attached hydrogen (secondary N) is 1. The van der Waals surface area contributed by atoms with Crippen LogP contribution in [0.25, 0.3) is 0 Å². The Balaban J connectivity index is 2.16. The second-order valence-corrected chi connectivity index (χ2v) is 6.33. The first-order chi connectivity index (χ1) is 9.01. The Kier molecular flexibility index (Phi) is 4.61. The lowest BCUT2D eigenvalue weighted by Gasteiger charge is -2.15. The summed E-state index contributed by atoms with van der Waals surface area (Å²) in [4.78, 5) is 2.63. The number of phenols is 1. The van der Waals surface area contributed by atoms with Crippen molar-refractivity contribution in [2.24, 2.45) is 0 Å². The van der Waals surface area contributed by atoms with Crippen LogP contribution in [0.2, 0.25) is 10.0 Å². The van der Waals surface area contributed by atoms with Crippen LogP contribution in [-0.4, -0.2) is 5.11 Å². The SMILES string of the molecule is CCc1ccc(C(C)Nc2cc(Cl)c(O)c(Cl)c2)s1. The van der Waals surface area contributed by atoms with Crippen molar-refractivity contribution in [2.75, 3.05) is 5.32 Å². The van der Waals surface area contributed by atoms with Gasteiger partial charge in [0.25, 0.3) is 0 Å². The van der Waals surface area contributed by atoms with Gasteiger partial charge in [-0.1, -0.05) is 30.1 Å². The van der Waals surface area contributed by atoms with Crippen LogP contribution in [0, 0.1) is 0 Å². The fourth-order valence-corrected chi connectivity index (χ4v) is 3.23. The van der Waals surface area contributed by atoms with Crippen LogP contribution < -0.4 is 5.32 Å². The monoisotopic (exact) mass is 315 g/mol. The van der Waals surface area contributed by atoms with Gasteiger partial charge in [-0.25, -0.2) is 0 Å². The highest BCUT2D eigenvalue weighted by Crippen LogP contribution is 2.36. The lowest BCUT2D eigenvalue weighted by atomic mass is 10.2. The summed E-state index contributed by atoms with van der Waals surface area (Å²) < 4.78 is 0. The normalized spacial score (nSPS) is 12.4. The molecule has 2 rings (SSSR count). The summed E-state index contributed by atoms with van der Waals surface area (Å²) in [7, 11) is 0. The number of benzene rings is 1. The molecule has 0 spiro atoms. The fraction of sp³-hybridized carbons (Fsp3) is 0.286. The van der Waals surface area contributed by atoms with E-state index < -0.39 is 0 Å². The van der Waals surface area contributed by atoms with Crippen molar-refractivity contribution >= 4 is 40.2 Å². The zero-order valence-electron chi connectivity index (χ0n) is 10.7. The van der Waals surface area contributed by atoms with Crippen molar-refractivity contribution in [2.45, 2.75) is 26.3 Å². The summed E-state index contributed by atoms with van der Waals surface area (Å²) in [5, 5.41) is 13.4. The number of rotatable bonds is 4. The maximum absolute atomic E-state index is 9.53. The number of hydrogen-bond acceptors (Lipinski definition) is 3. The molecule has 0 fully saturated rings. The van der Waals surface area contributed by atoms with Gasteiger partial charge < -0.3 is 10.4 Å². The molecular formula is C14H15Cl2NOS. The first kappa shape index (κ1) is 14.5. The first-order valence-electron chi connectivity index (χ1n) is 6.04. The van der Waals surface area contributed by atoms with E-state index in [1.54, 1.807) is 23.5 Å². The Morgan fingerprint density at radius 1 is 1.26 bits per heavy atom. The molecule has 0 aliphatic rings. The van der Waals surface area contributed by atoms with Gasteiger partial charge in [-0.15, -0.1) is 11.3 Å². The Labute approximate surface area is 127 Å². The molecule has 2 aromatic rings. The van der Waals surface area contributed by atoms with Crippen LogP contribution in [0.15, 0.2) is 24.3 Å². The second kappa shape index (κ2) is 6.04. The summed E-state index contributed by atoms with van der Waals surface area (Å²) in [6.45, 7) is 4.23. The Hall–Kier alpha value is -0.900. The number of aryl methyl sites for hydroxylation is 1. The van der Waals surface area contributed by atoms with Crippen molar-refractivity contribution < 1.29 is 5.11 Å². The van der Waals surface area contributed by atoms with Crippen molar-refractivity contribution in [3.63, 3.8) is 0 Å². The Morgan fingerprint density at radius 2 is 1.89 bits per heavy atom. The molecule has 1 aromatic heterocycles. The molecule has 0 saturated carbocycles. The fourth-order valence-electron chi connectivity index (χ4n) is 1.79. The van der Waals surface area contributed by atoms with E-state index in [0.717, 1.165) is 12.1 Å². The molecule has 0 amide bonds. The van der Waals surface area contributed by atoms with Gasteiger partial charge in [0.05, 0.1) is 16.1 Å². The molecule has 2 N–H and O–H groups in total. The van der Waals surface area contributed by atoms with Crippen molar-refractivity contribution in [1.82, 2.24) is 0 Å². The average Bonchev–Trinajstić information content (AvgIpc) is 2.84. The minimum Gasteiger partial charge on any atom is -0.505 e. The summed E-state index contributed by atoms with van der Waals surface area (Å²) >= 11 is 13.6. The quantitative estimate of drug-likeness (QED) is 0.730. The average molecular weight is 316 g/mol. The number of halogens is 2. The minimum absolute atomic E-state index is 0.0778. The lowest BCUT2D eigenvalue weighted by Crippen LogP contribution is -2.04. The summed E-state index contributed by atoms with van der Waals surface area (Å²) in [5.41, 5.74) is 0.798. The van der Waals surface area contributed by atoms with Crippen LogP contribution >= 0.6 is 34.5 Å². The largest absolute Gasteiger partial charge is 0.505 e. The van der Waals surface area contributed by atoms with Gasteiger partial charge in [0.2, 0.25) is 0 Å². The van der Waals surface area contributed by atoms with E-state index in [0.29, 0.717) is 0 Å². The van der Waals surface area contributed by atoms with Crippen LogP contribution in [0.5, 0.6) is 5.75 Å². The second-order valence-electron chi connectivity index (χ2n) is 4.31. The van der Waals surface area contributed by atoms with Crippen molar-refractivity contribution in [3.05, 3.63) is 44.1 Å². The van der Waals surface area contributed by atoms with Crippen LogP contribution in [0.3, 0.4) is 0 Å². The van der Waals surface area contributed by atoms with Crippen LogP contribution in [0.1, 0.15) is 29.6 Å². The molecule has 5 heteroatoms. The molecule has 1 heterocycles. The summed E-state index contributed by atoms with van der Waals surface area (Å²) in [6, 6.07) is 7.79. The van der Waals surface area contributed by atoms with E-state index in [-0.39, 0.29) is 21.8 Å². The molecule has 0 aliphatic heterocycles. The van der Waals surface area contributed by atoms with E-state index >= 15 is 0 Å². The lowest BCUT2D eigenvalue weighted by molar-refractivity contribution is 0.476. The minimum atomic E-state index is -0.0778. The molecule has 102 valence electrons. The van der Waals surface area contributed by atoms with Crippen molar-refractivity contribution in [1.29, 1.82) is 0 Å². The van der Waals surface area contributed by atoms with E-state index in [9.17, 15) is 5.11 Å². The molecule has 0 saturated heterocycles. The number of hydrogen-bond donors (Lipinski definition) is 2. The Bertz CT molecular complexity index is 560. The van der Waals surface area contributed by atoms with Gasteiger partial charge in [0.1, 0.15) is 0 Å². The summed E-state index contributed by atoms with van der Waals surface area (Å²) in [5.74, 6) is -0.0778. The first-order valence-corrected chi connectivity index (χ1v) is 7.61. The summed E-state index contributed by atoms with van der Waals surface area (Å²) in [6.07, 6.45) is 1.05. The zero-order valence-corrected chi connectivity index (χ0v) is 13.0. The molecule has 1 atom stereocenters. The molecule has 0 aliphatic carbocycles. The van der Waals surface area contributed by atoms with Crippen molar-refractivity contribution in [3.8, 4) is 5.75 Å². The van der Waals surface area contributed by atoms with E-state index in [2.05, 4.69) is 31.3 Å². The standard InChI is InChI=1S/C14H15Cl2NOS/c1-3-10-4-5-13(19-10)8(2)17-9-6-11(15)14(18)12(16)7-9/h4-8,17-18H,3H2,1-2H3. The maximum Gasteiger partial charge on any atom is 0.152 e. The molecule has 2 nitrogen and oxygen atoms in total. The van der Waals surface area contributed by atoms with Gasteiger partial charge in [0, 0.05) is 15.4 Å². The van der Waals surface area contributed by atoms with Gasteiger partial charge in [0.15, 0.2) is 5.75 Å². The highest BCUT2D eigenvalue weighted by Gasteiger charge is 2.11. The van der Waals surface area contributed by atoms with Crippen LogP contribution in [0.4, 0.5) is 5.69 Å². The molecule has 1 aromatic carbocycles. The Morgan fingerprint density at radius 3 is 2.42 bits per heavy atom. The van der Waals surface area contributed by atoms with E-state index in [1.165, 1.54) is 9.75 Å². The number of anilines is 1. The number of thiophene rings is 1.